The summed E-state index contributed by atoms with van der Waals surface area (Å²) in [7, 11) is 0. The van der Waals surface area contributed by atoms with Crippen molar-refractivity contribution in [3.05, 3.63) is 35.4 Å². The summed E-state index contributed by atoms with van der Waals surface area (Å²) in [6.07, 6.45) is 0.562. The third-order valence-corrected chi connectivity index (χ3v) is 1.67. The second-order valence-electron chi connectivity index (χ2n) is 3.14. The molecule has 6 heteroatoms. The first kappa shape index (κ1) is 26.9. The maximum absolute atomic E-state index is 12.0. The van der Waals surface area contributed by atoms with Gasteiger partial charge in [0, 0.05) is 0 Å². The minimum atomic E-state index is -4.22. The summed E-state index contributed by atoms with van der Waals surface area (Å²) in [6, 6.07) is 5.22. The highest BCUT2D eigenvalue weighted by Gasteiger charge is 2.29. The van der Waals surface area contributed by atoms with Crippen molar-refractivity contribution in [2.75, 3.05) is 0 Å². The monoisotopic (exact) mass is 308 g/mol. The van der Waals surface area contributed by atoms with Crippen molar-refractivity contribution >= 4 is 0 Å². The highest BCUT2D eigenvalue weighted by Crippen LogP contribution is 2.29. The molecule has 0 radical (unpaired) electrons. The van der Waals surface area contributed by atoms with Gasteiger partial charge in [0.25, 0.3) is 0 Å². The summed E-state index contributed by atoms with van der Waals surface area (Å²) in [5.74, 6) is 12.0. The van der Waals surface area contributed by atoms with Crippen molar-refractivity contribution in [1.29, 1.82) is 0 Å². The van der Waals surface area contributed by atoms with E-state index < -0.39 is 11.7 Å². The van der Waals surface area contributed by atoms with Crippen molar-refractivity contribution in [3.63, 3.8) is 0 Å². The number of terminal acetylenes is 1. The van der Waals surface area contributed by atoms with Crippen molar-refractivity contribution in [1.82, 2.24) is 0 Å². The first-order chi connectivity index (χ1) is 8.41. The molecule has 0 nitrogen and oxygen atoms in total. The minimum absolute atomic E-state index is 0. The molecule has 0 spiro atoms. The Morgan fingerprint density at radius 1 is 1.00 bits per heavy atom. The summed E-state index contributed by atoms with van der Waals surface area (Å²) in [4.78, 5) is 0. The number of hydrogen-bond acceptors (Lipinski definition) is 0. The van der Waals surface area contributed by atoms with Crippen LogP contribution in [0.3, 0.4) is 0 Å². The van der Waals surface area contributed by atoms with Gasteiger partial charge in [-0.2, -0.15) is 13.2 Å². The van der Waals surface area contributed by atoms with E-state index in [9.17, 15) is 13.2 Å². The number of halogens is 6. The minimum Gasteiger partial charge on any atom is -0.269 e. The Hall–Kier alpha value is -2.52. The molecule has 1 aromatic carbocycles. The lowest BCUT2D eigenvalue weighted by Gasteiger charge is -2.05. The summed E-state index contributed by atoms with van der Waals surface area (Å²) >= 11 is 0. The second-order valence-corrected chi connectivity index (χ2v) is 3.14. The Kier molecular flexibility index (Phi) is 17.8. The van der Waals surface area contributed by atoms with E-state index in [2.05, 4.69) is 29.6 Å². The van der Waals surface area contributed by atoms with E-state index in [-0.39, 0.29) is 14.1 Å². The lowest BCUT2D eigenvalue weighted by Crippen LogP contribution is -2.04. The van der Waals surface area contributed by atoms with Crippen LogP contribution in [-0.4, -0.2) is 0 Å². The van der Waals surface area contributed by atoms with E-state index in [0.717, 1.165) is 12.1 Å². The summed E-state index contributed by atoms with van der Waals surface area (Å²) < 4.78 is 35.9. The molecule has 0 heterocycles. The molecule has 0 unspecified atom stereocenters. The van der Waals surface area contributed by atoms with Crippen LogP contribution in [0.25, 0.3) is 0 Å². The number of benzene rings is 1. The Bertz CT molecular complexity index is 544. The number of alkyl halides is 3. The van der Waals surface area contributed by atoms with Gasteiger partial charge < -0.3 is 0 Å². The third-order valence-electron chi connectivity index (χ3n) is 1.67. The predicted octanol–water partition coefficient (Wildman–Crippen LogP) is 4.12. The number of rotatable bonds is 0. The van der Waals surface area contributed by atoms with Crippen molar-refractivity contribution in [2.24, 2.45) is 0 Å². The summed E-state index contributed by atoms with van der Waals surface area (Å²) in [5.41, 5.74) is 0.0392. The molecule has 1 rings (SSSR count). The van der Waals surface area contributed by atoms with Crippen LogP contribution < -0.4 is 0 Å². The van der Waals surface area contributed by atoms with Crippen LogP contribution in [0.5, 0.6) is 0 Å². The second kappa shape index (κ2) is 13.9. The molecule has 0 aliphatic heterocycles. The molecule has 0 aromatic heterocycles. The fraction of sp³-hybridized carbons (Fsp3) is 0.200. The fourth-order valence-corrected chi connectivity index (χ4v) is 0.951. The number of aryl methyl sites for hydroxylation is 1. The van der Waals surface area contributed by atoms with Gasteiger partial charge in [0.05, 0.1) is 5.56 Å². The van der Waals surface area contributed by atoms with Crippen LogP contribution in [0.4, 0.5) is 27.3 Å². The van der Waals surface area contributed by atoms with Gasteiger partial charge in [-0.25, -0.2) is 0 Å². The van der Waals surface area contributed by atoms with E-state index in [4.69, 9.17) is 6.42 Å². The van der Waals surface area contributed by atoms with Gasteiger partial charge in [-0.1, -0.05) is 29.7 Å². The molecule has 0 saturated heterocycles. The fourth-order valence-electron chi connectivity index (χ4n) is 0.951. The molecule has 0 N–H and O–H groups in total. The Labute approximate surface area is 119 Å². The normalized spacial score (nSPS) is 7.24. The lowest BCUT2D eigenvalue weighted by molar-refractivity contribution is -0.137. The van der Waals surface area contributed by atoms with Gasteiger partial charge >= 0.3 is 6.18 Å². The van der Waals surface area contributed by atoms with Gasteiger partial charge in [-0.3, -0.25) is 14.1 Å². The molecule has 0 aliphatic rings. The maximum atomic E-state index is 12.0. The van der Waals surface area contributed by atoms with Crippen LogP contribution >= 0.6 is 0 Å². The van der Waals surface area contributed by atoms with E-state index in [1.54, 1.807) is 19.9 Å². The van der Waals surface area contributed by atoms with Crippen molar-refractivity contribution in [2.45, 2.75) is 20.0 Å². The average Bonchev–Trinajstić information content (AvgIpc) is 2.29. The zero-order valence-corrected chi connectivity index (χ0v) is 11.2. The molecule has 0 fully saturated rings. The van der Waals surface area contributed by atoms with Crippen LogP contribution in [0.15, 0.2) is 24.3 Å². The van der Waals surface area contributed by atoms with Gasteiger partial charge in [-0.15, -0.1) is 6.42 Å². The van der Waals surface area contributed by atoms with Crippen LogP contribution in [-0.2, 0) is 6.18 Å². The zero-order chi connectivity index (χ0) is 14.0. The number of hydrogen-bond donors (Lipinski definition) is 0. The molecule has 21 heavy (non-hydrogen) atoms. The lowest BCUT2D eigenvalue weighted by atomic mass is 10.1. The largest absolute Gasteiger partial charge is 0.416 e. The molecule has 0 saturated carbocycles. The van der Waals surface area contributed by atoms with Crippen LogP contribution in [0.2, 0.25) is 0 Å². The van der Waals surface area contributed by atoms with Crippen LogP contribution in [0, 0.1) is 42.9 Å². The quantitative estimate of drug-likeness (QED) is 0.500. The molecule has 116 valence electrons. The Balaban J connectivity index is -0.000000130. The van der Waals surface area contributed by atoms with Gasteiger partial charge in [0.1, 0.15) is 0 Å². The van der Waals surface area contributed by atoms with E-state index in [1.807, 2.05) is 0 Å². The SMILES string of the molecule is C#CC#CC#CC.Cc1cccc(C(F)(F)F)c1.F.F.F. The Morgan fingerprint density at radius 3 is 1.90 bits per heavy atom. The smallest absolute Gasteiger partial charge is 0.269 e. The van der Waals surface area contributed by atoms with Gasteiger partial charge in [0.2, 0.25) is 0 Å². The highest BCUT2D eigenvalue weighted by molar-refractivity contribution is 5.33. The van der Waals surface area contributed by atoms with E-state index in [0.29, 0.717) is 5.56 Å². The standard InChI is InChI=1S/C8H7F3.C7H4.3FH/c1-6-3-2-4-7(5-6)8(9,10)11;1-3-5-7-6-4-2;;;/h2-5H,1H3;1H,2H3;3*1H. The molecule has 0 atom stereocenters. The molecule has 1 aromatic rings. The first-order valence-electron chi connectivity index (χ1n) is 4.93. The Morgan fingerprint density at radius 2 is 1.57 bits per heavy atom. The van der Waals surface area contributed by atoms with Gasteiger partial charge in [-0.05, 0) is 43.6 Å². The third kappa shape index (κ3) is 13.7. The van der Waals surface area contributed by atoms with Gasteiger partial charge in [0.15, 0.2) is 0 Å². The van der Waals surface area contributed by atoms with Crippen LogP contribution in [0.1, 0.15) is 18.1 Å². The maximum Gasteiger partial charge on any atom is 0.416 e. The molecular formula is C15H14F6. The molecular weight excluding hydrogens is 294 g/mol. The van der Waals surface area contributed by atoms with E-state index in [1.165, 1.54) is 6.07 Å². The summed E-state index contributed by atoms with van der Waals surface area (Å²) in [5, 5.41) is 0. The zero-order valence-electron chi connectivity index (χ0n) is 11.2. The molecule has 0 aliphatic carbocycles. The highest BCUT2D eigenvalue weighted by atomic mass is 19.4. The summed E-state index contributed by atoms with van der Waals surface area (Å²) in [6.45, 7) is 3.35. The molecule has 0 bridgehead atoms. The van der Waals surface area contributed by atoms with Crippen molar-refractivity contribution < 1.29 is 27.3 Å². The first-order valence-corrected chi connectivity index (χ1v) is 4.93. The van der Waals surface area contributed by atoms with E-state index >= 15 is 0 Å². The average molecular weight is 308 g/mol. The topological polar surface area (TPSA) is 0 Å². The molecule has 0 amide bonds. The van der Waals surface area contributed by atoms with Crippen molar-refractivity contribution in [3.8, 4) is 36.0 Å². The predicted molar refractivity (Wildman–Crippen MR) is 73.7 cm³/mol.